The van der Waals surface area contributed by atoms with Crippen molar-refractivity contribution >= 4 is 23.7 Å². The number of aromatic amines is 1. The number of rotatable bonds is 6. The van der Waals surface area contributed by atoms with Gasteiger partial charge >= 0.3 is 5.69 Å². The summed E-state index contributed by atoms with van der Waals surface area (Å²) in [7, 11) is 0. The van der Waals surface area contributed by atoms with Gasteiger partial charge in [-0.15, -0.1) is 12.4 Å². The van der Waals surface area contributed by atoms with Gasteiger partial charge < -0.3 is 5.32 Å². The number of anilines is 1. The van der Waals surface area contributed by atoms with Crippen molar-refractivity contribution in [3.8, 4) is 11.1 Å². The normalized spacial score (nSPS) is 10.6. The Balaban J connectivity index is 0.00000225. The lowest BCUT2D eigenvalue weighted by molar-refractivity contribution is 0.856. The van der Waals surface area contributed by atoms with Crippen molar-refractivity contribution in [2.45, 2.75) is 19.8 Å². The smallest absolute Gasteiger partial charge is 0.347 e. The Labute approximate surface area is 169 Å². The molecule has 0 saturated heterocycles. The predicted octanol–water partition coefficient (Wildman–Crippen LogP) is 3.86. The molecule has 0 bridgehead atoms. The summed E-state index contributed by atoms with van der Waals surface area (Å²) >= 11 is 0. The molecule has 2 N–H and O–H groups in total. The number of halogens is 1. The summed E-state index contributed by atoms with van der Waals surface area (Å²) < 4.78 is 1.55. The SMILES string of the molecule is Cc1ccc(CCCNc2cc(-c3ccccc3)cn3c(=O)[nH]nc23)cn1.Cl. The van der Waals surface area contributed by atoms with E-state index in [1.54, 1.807) is 4.40 Å². The molecule has 0 unspecified atom stereocenters. The molecule has 0 aliphatic heterocycles. The van der Waals surface area contributed by atoms with Crippen LogP contribution in [-0.4, -0.2) is 26.1 Å². The number of benzene rings is 1. The lowest BCUT2D eigenvalue weighted by Gasteiger charge is -2.10. The van der Waals surface area contributed by atoms with Crippen LogP contribution in [0.4, 0.5) is 5.69 Å². The summed E-state index contributed by atoms with van der Waals surface area (Å²) in [6.45, 7) is 2.77. The third kappa shape index (κ3) is 4.23. The molecule has 0 spiro atoms. The predicted molar refractivity (Wildman–Crippen MR) is 114 cm³/mol. The van der Waals surface area contributed by atoms with Crippen LogP contribution in [0.15, 0.2) is 65.7 Å². The Morgan fingerprint density at radius 2 is 1.93 bits per heavy atom. The highest BCUT2D eigenvalue weighted by Crippen LogP contribution is 2.24. The van der Waals surface area contributed by atoms with Gasteiger partial charge in [-0.1, -0.05) is 36.4 Å². The number of nitrogens with one attached hydrogen (secondary N) is 2. The topological polar surface area (TPSA) is 75.1 Å². The van der Waals surface area contributed by atoms with Crippen LogP contribution in [0.25, 0.3) is 16.8 Å². The Hall–Kier alpha value is -3.12. The van der Waals surface area contributed by atoms with Crippen LogP contribution < -0.4 is 11.0 Å². The summed E-state index contributed by atoms with van der Waals surface area (Å²) in [5, 5.41) is 10.1. The molecule has 0 atom stereocenters. The average molecular weight is 396 g/mol. The fraction of sp³-hybridized carbons (Fsp3) is 0.190. The number of nitrogens with zero attached hydrogens (tertiary/aromatic N) is 3. The number of fused-ring (bicyclic) bond motifs is 1. The van der Waals surface area contributed by atoms with Crippen LogP contribution in [0.5, 0.6) is 0 Å². The van der Waals surface area contributed by atoms with Gasteiger partial charge in [-0.25, -0.2) is 14.3 Å². The minimum Gasteiger partial charge on any atom is -0.382 e. The van der Waals surface area contributed by atoms with Crippen molar-refractivity contribution in [3.05, 3.63) is 82.7 Å². The molecule has 0 aliphatic carbocycles. The minimum absolute atomic E-state index is 0. The first-order valence-electron chi connectivity index (χ1n) is 9.02. The van der Waals surface area contributed by atoms with E-state index in [-0.39, 0.29) is 18.1 Å². The van der Waals surface area contributed by atoms with Gasteiger partial charge in [0, 0.05) is 30.2 Å². The number of hydrogen-bond donors (Lipinski definition) is 2. The molecular weight excluding hydrogens is 374 g/mol. The van der Waals surface area contributed by atoms with Gasteiger partial charge in [-0.3, -0.25) is 4.98 Å². The van der Waals surface area contributed by atoms with E-state index in [4.69, 9.17) is 0 Å². The van der Waals surface area contributed by atoms with Gasteiger partial charge in [0.25, 0.3) is 0 Å². The first-order chi connectivity index (χ1) is 13.2. The molecule has 4 rings (SSSR count). The van der Waals surface area contributed by atoms with E-state index in [1.165, 1.54) is 5.56 Å². The molecule has 6 nitrogen and oxygen atoms in total. The Morgan fingerprint density at radius 3 is 2.68 bits per heavy atom. The van der Waals surface area contributed by atoms with Crippen molar-refractivity contribution < 1.29 is 0 Å². The van der Waals surface area contributed by atoms with E-state index >= 15 is 0 Å². The monoisotopic (exact) mass is 395 g/mol. The zero-order chi connectivity index (χ0) is 18.6. The fourth-order valence-electron chi connectivity index (χ4n) is 3.09. The van der Waals surface area contributed by atoms with Gasteiger partial charge in [0.2, 0.25) is 0 Å². The van der Waals surface area contributed by atoms with Crippen LogP contribution >= 0.6 is 12.4 Å². The maximum absolute atomic E-state index is 12.1. The Kier molecular flexibility index (Phi) is 6.11. The van der Waals surface area contributed by atoms with Crippen LogP contribution in [0.2, 0.25) is 0 Å². The summed E-state index contributed by atoms with van der Waals surface area (Å²) in [6.07, 6.45) is 5.65. The van der Waals surface area contributed by atoms with E-state index in [9.17, 15) is 4.79 Å². The molecule has 1 aromatic carbocycles. The van der Waals surface area contributed by atoms with Crippen molar-refractivity contribution in [3.63, 3.8) is 0 Å². The number of aryl methyl sites for hydroxylation is 2. The first-order valence-corrected chi connectivity index (χ1v) is 9.02. The third-order valence-corrected chi connectivity index (χ3v) is 4.55. The van der Waals surface area contributed by atoms with Crippen molar-refractivity contribution in [1.29, 1.82) is 0 Å². The van der Waals surface area contributed by atoms with Crippen LogP contribution in [0, 0.1) is 6.92 Å². The van der Waals surface area contributed by atoms with Crippen LogP contribution in [0.3, 0.4) is 0 Å². The average Bonchev–Trinajstić information content (AvgIpc) is 3.08. The van der Waals surface area contributed by atoms with E-state index < -0.39 is 0 Å². The molecule has 3 aromatic heterocycles. The number of hydrogen-bond acceptors (Lipinski definition) is 4. The number of pyridine rings is 2. The van der Waals surface area contributed by atoms with Gasteiger partial charge in [0.15, 0.2) is 5.65 Å². The van der Waals surface area contributed by atoms with Crippen molar-refractivity contribution in [2.75, 3.05) is 11.9 Å². The molecule has 0 aliphatic rings. The Morgan fingerprint density at radius 1 is 1.11 bits per heavy atom. The lowest BCUT2D eigenvalue weighted by Crippen LogP contribution is -2.11. The highest BCUT2D eigenvalue weighted by Gasteiger charge is 2.10. The highest BCUT2D eigenvalue weighted by atomic mass is 35.5. The fourth-order valence-corrected chi connectivity index (χ4v) is 3.09. The lowest BCUT2D eigenvalue weighted by atomic mass is 10.1. The summed E-state index contributed by atoms with van der Waals surface area (Å²) in [5.41, 5.74) is 5.49. The van der Waals surface area contributed by atoms with Gasteiger partial charge in [0.05, 0.1) is 5.69 Å². The molecule has 4 aromatic rings. The second kappa shape index (κ2) is 8.71. The van der Waals surface area contributed by atoms with E-state index in [2.05, 4.69) is 26.6 Å². The van der Waals surface area contributed by atoms with Crippen molar-refractivity contribution in [2.24, 2.45) is 0 Å². The first kappa shape index (κ1) is 19.6. The standard InChI is InChI=1S/C21H21N5O.ClH/c1-15-9-10-16(13-23-15)6-5-11-22-19-12-18(17-7-3-2-4-8-17)14-26-20(19)24-25-21(26)27;/h2-4,7-10,12-14,22H,5-6,11H2,1H3,(H,25,27);1H. The Bertz CT molecular complexity index is 1100. The minimum atomic E-state index is -0.239. The molecule has 28 heavy (non-hydrogen) atoms. The molecule has 0 amide bonds. The molecule has 0 fully saturated rings. The second-order valence-electron chi connectivity index (χ2n) is 6.57. The summed E-state index contributed by atoms with van der Waals surface area (Å²) in [6, 6.07) is 16.2. The second-order valence-corrected chi connectivity index (χ2v) is 6.57. The molecule has 0 saturated carbocycles. The van der Waals surface area contributed by atoms with Crippen LogP contribution in [0.1, 0.15) is 17.7 Å². The molecule has 7 heteroatoms. The van der Waals surface area contributed by atoms with E-state index in [0.29, 0.717) is 5.65 Å². The molecule has 144 valence electrons. The summed E-state index contributed by atoms with van der Waals surface area (Å²) in [4.78, 5) is 16.4. The number of aromatic nitrogens is 4. The van der Waals surface area contributed by atoms with E-state index in [1.807, 2.05) is 61.8 Å². The molecule has 3 heterocycles. The van der Waals surface area contributed by atoms with Gasteiger partial charge in [-0.2, -0.15) is 5.10 Å². The zero-order valence-electron chi connectivity index (χ0n) is 15.6. The quantitative estimate of drug-likeness (QED) is 0.486. The van der Waals surface area contributed by atoms with Gasteiger partial charge in [0.1, 0.15) is 0 Å². The largest absolute Gasteiger partial charge is 0.382 e. The highest BCUT2D eigenvalue weighted by molar-refractivity contribution is 5.85. The number of H-pyrrole nitrogens is 1. The van der Waals surface area contributed by atoms with Gasteiger partial charge in [-0.05, 0) is 43.0 Å². The molecule has 0 radical (unpaired) electrons. The van der Waals surface area contributed by atoms with Crippen molar-refractivity contribution in [1.82, 2.24) is 19.6 Å². The maximum atomic E-state index is 12.1. The maximum Gasteiger partial charge on any atom is 0.347 e. The van der Waals surface area contributed by atoms with Crippen LogP contribution in [-0.2, 0) is 6.42 Å². The summed E-state index contributed by atoms with van der Waals surface area (Å²) in [5.74, 6) is 0. The van der Waals surface area contributed by atoms with E-state index in [0.717, 1.165) is 41.9 Å². The molecular formula is C21H22ClN5O. The zero-order valence-corrected chi connectivity index (χ0v) is 16.4. The third-order valence-electron chi connectivity index (χ3n) is 4.55.